The van der Waals surface area contributed by atoms with Gasteiger partial charge in [-0.3, -0.25) is 9.59 Å². The molecular formula is C13H8O2. The monoisotopic (exact) mass is 196 g/mol. The standard InChI is InChI=1S/C13H8O2/c14-11-7-9-5-1-3-8-4-2-6-10(12(8)9)13(11)15/h1-3,5-7H,4H2. The van der Waals surface area contributed by atoms with Crippen LogP contribution in [0.15, 0.2) is 30.4 Å². The van der Waals surface area contributed by atoms with Crippen LogP contribution in [-0.4, -0.2) is 11.6 Å². The summed E-state index contributed by atoms with van der Waals surface area (Å²) in [5.41, 5.74) is 1.68. The Morgan fingerprint density at radius 1 is 1.13 bits per heavy atom. The van der Waals surface area contributed by atoms with Crippen LogP contribution in [0.3, 0.4) is 0 Å². The van der Waals surface area contributed by atoms with Crippen LogP contribution in [-0.2, 0) is 16.0 Å². The van der Waals surface area contributed by atoms with E-state index in [4.69, 9.17) is 0 Å². The molecule has 0 saturated carbocycles. The summed E-state index contributed by atoms with van der Waals surface area (Å²) in [5, 5.41) is 1.82. The van der Waals surface area contributed by atoms with Crippen LogP contribution < -0.4 is 10.4 Å². The Balaban J connectivity index is 2.60. The highest BCUT2D eigenvalue weighted by Gasteiger charge is 2.22. The molecule has 2 heteroatoms. The predicted octanol–water partition coefficient (Wildman–Crippen LogP) is -0.118. The number of carbonyl (C=O) groups is 2. The van der Waals surface area contributed by atoms with Gasteiger partial charge in [-0.05, 0) is 28.5 Å². The summed E-state index contributed by atoms with van der Waals surface area (Å²) in [6.45, 7) is 0. The summed E-state index contributed by atoms with van der Waals surface area (Å²) in [7, 11) is 0. The molecule has 0 atom stereocenters. The smallest absolute Gasteiger partial charge is 0.233 e. The topological polar surface area (TPSA) is 34.1 Å². The molecule has 0 unspecified atom stereocenters. The van der Waals surface area contributed by atoms with Crippen LogP contribution in [0, 0.1) is 0 Å². The van der Waals surface area contributed by atoms with Crippen molar-refractivity contribution in [2.24, 2.45) is 0 Å². The Kier molecular flexibility index (Phi) is 1.54. The molecule has 0 fully saturated rings. The lowest BCUT2D eigenvalue weighted by molar-refractivity contribution is -0.129. The third-order valence-electron chi connectivity index (χ3n) is 2.83. The highest BCUT2D eigenvalue weighted by atomic mass is 16.2. The molecule has 0 saturated heterocycles. The van der Waals surface area contributed by atoms with Gasteiger partial charge in [0.15, 0.2) is 0 Å². The molecule has 0 radical (unpaired) electrons. The van der Waals surface area contributed by atoms with Gasteiger partial charge in [0.1, 0.15) is 0 Å². The van der Waals surface area contributed by atoms with Crippen LogP contribution in [0.25, 0.3) is 11.6 Å². The number of allylic oxidation sites excluding steroid dienone is 2. The summed E-state index contributed by atoms with van der Waals surface area (Å²) in [5.74, 6) is -0.799. The van der Waals surface area contributed by atoms with Crippen molar-refractivity contribution in [3.05, 3.63) is 46.4 Å². The van der Waals surface area contributed by atoms with Crippen LogP contribution in [0.5, 0.6) is 0 Å². The second-order valence-electron chi connectivity index (χ2n) is 3.74. The SMILES string of the molecule is O=C1C=c2cccc3c2=C(C=CC3)C1=O. The van der Waals surface area contributed by atoms with E-state index in [-0.39, 0.29) is 5.78 Å². The largest absolute Gasteiger partial charge is 0.286 e. The lowest BCUT2D eigenvalue weighted by Crippen LogP contribution is -2.40. The second kappa shape index (κ2) is 2.76. The molecule has 0 aliphatic heterocycles. The van der Waals surface area contributed by atoms with Gasteiger partial charge in [-0.15, -0.1) is 0 Å². The summed E-state index contributed by atoms with van der Waals surface area (Å²) in [4.78, 5) is 23.0. The van der Waals surface area contributed by atoms with Crippen molar-refractivity contribution in [2.45, 2.75) is 6.42 Å². The number of hydrogen-bond donors (Lipinski definition) is 0. The molecule has 1 aromatic carbocycles. The van der Waals surface area contributed by atoms with E-state index in [1.165, 1.54) is 6.08 Å². The number of ketones is 2. The number of benzene rings is 1. The van der Waals surface area contributed by atoms with Gasteiger partial charge in [0.2, 0.25) is 11.6 Å². The van der Waals surface area contributed by atoms with Crippen LogP contribution in [0.4, 0.5) is 0 Å². The molecule has 0 N–H and O–H groups in total. The molecule has 0 aromatic heterocycles. The third-order valence-corrected chi connectivity index (χ3v) is 2.83. The molecule has 0 heterocycles. The molecule has 0 bridgehead atoms. The highest BCUT2D eigenvalue weighted by Crippen LogP contribution is 2.10. The van der Waals surface area contributed by atoms with Crippen molar-refractivity contribution < 1.29 is 9.59 Å². The normalized spacial score (nSPS) is 17.5. The number of carbonyl (C=O) groups excluding carboxylic acids is 2. The van der Waals surface area contributed by atoms with E-state index in [1.807, 2.05) is 24.3 Å². The number of Topliss-reactive ketones (excluding diaryl/α,β-unsaturated/α-hetero) is 2. The molecule has 2 aliphatic rings. The lowest BCUT2D eigenvalue weighted by atomic mass is 9.90. The van der Waals surface area contributed by atoms with Gasteiger partial charge >= 0.3 is 0 Å². The zero-order valence-electron chi connectivity index (χ0n) is 7.99. The quantitative estimate of drug-likeness (QED) is 0.542. The Morgan fingerprint density at radius 2 is 2.00 bits per heavy atom. The van der Waals surface area contributed by atoms with E-state index in [9.17, 15) is 9.59 Å². The third kappa shape index (κ3) is 1.05. The first kappa shape index (κ1) is 8.36. The Labute approximate surface area is 86.2 Å². The Bertz CT molecular complexity index is 633. The van der Waals surface area contributed by atoms with Crippen molar-refractivity contribution in [2.75, 3.05) is 0 Å². The van der Waals surface area contributed by atoms with Crippen molar-refractivity contribution in [1.82, 2.24) is 0 Å². The Hall–Kier alpha value is -1.96. The average Bonchev–Trinajstić information content (AvgIpc) is 2.26. The molecular weight excluding hydrogens is 188 g/mol. The van der Waals surface area contributed by atoms with E-state index in [0.29, 0.717) is 5.57 Å². The molecule has 3 rings (SSSR count). The first-order chi connectivity index (χ1) is 7.27. The lowest BCUT2D eigenvalue weighted by Gasteiger charge is -2.12. The molecule has 1 aromatic rings. The fraction of sp³-hybridized carbons (Fsp3) is 0.0769. The van der Waals surface area contributed by atoms with Crippen LogP contribution >= 0.6 is 0 Å². The Morgan fingerprint density at radius 3 is 2.87 bits per heavy atom. The van der Waals surface area contributed by atoms with E-state index >= 15 is 0 Å². The van der Waals surface area contributed by atoms with Gasteiger partial charge in [-0.2, -0.15) is 0 Å². The van der Waals surface area contributed by atoms with Crippen molar-refractivity contribution in [1.29, 1.82) is 0 Å². The van der Waals surface area contributed by atoms with Crippen LogP contribution in [0.2, 0.25) is 0 Å². The number of rotatable bonds is 0. The van der Waals surface area contributed by atoms with Gasteiger partial charge < -0.3 is 0 Å². The molecule has 2 aliphatic carbocycles. The van der Waals surface area contributed by atoms with Gasteiger partial charge in [-0.25, -0.2) is 0 Å². The van der Waals surface area contributed by atoms with Crippen LogP contribution in [0.1, 0.15) is 5.56 Å². The van der Waals surface area contributed by atoms with Gasteiger partial charge in [0.25, 0.3) is 0 Å². The fourth-order valence-corrected chi connectivity index (χ4v) is 2.15. The minimum atomic E-state index is -0.416. The first-order valence-electron chi connectivity index (χ1n) is 4.86. The fourth-order valence-electron chi connectivity index (χ4n) is 2.15. The maximum Gasteiger partial charge on any atom is 0.233 e. The first-order valence-corrected chi connectivity index (χ1v) is 4.86. The highest BCUT2D eigenvalue weighted by molar-refractivity contribution is 6.61. The average molecular weight is 196 g/mol. The summed E-state index contributed by atoms with van der Waals surface area (Å²) in [6, 6.07) is 5.80. The van der Waals surface area contributed by atoms with Gasteiger partial charge in [0.05, 0.1) is 0 Å². The van der Waals surface area contributed by atoms with Crippen molar-refractivity contribution in [3.8, 4) is 0 Å². The van der Waals surface area contributed by atoms with E-state index in [2.05, 4.69) is 0 Å². The maximum absolute atomic E-state index is 11.6. The zero-order chi connectivity index (χ0) is 10.4. The second-order valence-corrected chi connectivity index (χ2v) is 3.74. The summed E-state index contributed by atoms with van der Waals surface area (Å²) in [6.07, 6.45) is 5.96. The van der Waals surface area contributed by atoms with Gasteiger partial charge in [-0.1, -0.05) is 30.4 Å². The van der Waals surface area contributed by atoms with E-state index < -0.39 is 5.78 Å². The predicted molar refractivity (Wildman–Crippen MR) is 56.4 cm³/mol. The molecule has 2 nitrogen and oxygen atoms in total. The molecule has 72 valence electrons. The van der Waals surface area contributed by atoms with E-state index in [1.54, 1.807) is 6.08 Å². The van der Waals surface area contributed by atoms with Crippen molar-refractivity contribution >= 4 is 23.2 Å². The van der Waals surface area contributed by atoms with Crippen molar-refractivity contribution in [3.63, 3.8) is 0 Å². The maximum atomic E-state index is 11.6. The minimum Gasteiger partial charge on any atom is -0.286 e. The van der Waals surface area contributed by atoms with Gasteiger partial charge in [0, 0.05) is 5.57 Å². The minimum absolute atomic E-state index is 0.383. The summed E-state index contributed by atoms with van der Waals surface area (Å²) < 4.78 is 0. The molecule has 0 amide bonds. The van der Waals surface area contributed by atoms with E-state index in [0.717, 1.165) is 22.4 Å². The molecule has 0 spiro atoms. The summed E-state index contributed by atoms with van der Waals surface area (Å²) >= 11 is 0. The molecule has 15 heavy (non-hydrogen) atoms. The number of hydrogen-bond acceptors (Lipinski definition) is 2. The zero-order valence-corrected chi connectivity index (χ0v) is 7.99.